The van der Waals surface area contributed by atoms with Crippen LogP contribution < -0.4 is 4.74 Å². The van der Waals surface area contributed by atoms with Gasteiger partial charge in [0, 0.05) is 23.5 Å². The Bertz CT molecular complexity index is 1440. The Kier molecular flexibility index (Phi) is 11.4. The van der Waals surface area contributed by atoms with Crippen molar-refractivity contribution in [3.8, 4) is 16.9 Å². The number of ether oxygens (including phenoxy) is 3. The van der Waals surface area contributed by atoms with Gasteiger partial charge in [0.2, 0.25) is 0 Å². The number of benzene rings is 3. The SMILES string of the molecule is CCCCCC1COC(C2CCC(c3ccc(-c4cc(F)c(C(F)(F)Oc5ccc(CCC)c(F)c5)c(F)c4)c(F)c3)CC2)OC1. The molecule has 0 aromatic heterocycles. The molecule has 0 N–H and O–H groups in total. The van der Waals surface area contributed by atoms with Crippen LogP contribution in [0.5, 0.6) is 5.75 Å². The molecule has 3 aromatic rings. The molecular formula is C37H42F6O3. The molecule has 0 unspecified atom stereocenters. The van der Waals surface area contributed by atoms with Crippen LogP contribution in [-0.2, 0) is 22.0 Å². The van der Waals surface area contributed by atoms with Gasteiger partial charge in [-0.1, -0.05) is 57.7 Å². The molecule has 1 aliphatic heterocycles. The maximum atomic E-state index is 15.3. The standard InChI is InChI=1S/C37H42F6O3/c1-3-5-6-8-23-21-44-36(45-22-23)26-11-9-24(10-12-26)27-14-16-30(32(39)17-27)28-18-33(40)35(34(41)19-28)37(42,43)46-29-15-13-25(7-4-2)31(38)20-29/h13-20,23-24,26,36H,3-12,21-22H2,1-2H3. The minimum atomic E-state index is -4.45. The Hall–Kier alpha value is -3.04. The van der Waals surface area contributed by atoms with E-state index in [1.54, 1.807) is 6.07 Å². The van der Waals surface area contributed by atoms with Crippen LogP contribution in [0.1, 0.15) is 94.2 Å². The lowest BCUT2D eigenvalue weighted by molar-refractivity contribution is -0.229. The van der Waals surface area contributed by atoms with Gasteiger partial charge in [-0.15, -0.1) is 0 Å². The van der Waals surface area contributed by atoms with Crippen molar-refractivity contribution in [2.45, 2.75) is 96.4 Å². The summed E-state index contributed by atoms with van der Waals surface area (Å²) in [5.41, 5.74) is -0.888. The van der Waals surface area contributed by atoms with Crippen molar-refractivity contribution in [2.75, 3.05) is 13.2 Å². The van der Waals surface area contributed by atoms with Crippen LogP contribution in [0.4, 0.5) is 26.3 Å². The first-order chi connectivity index (χ1) is 22.1. The minimum absolute atomic E-state index is 0.109. The van der Waals surface area contributed by atoms with Gasteiger partial charge in [0.15, 0.2) is 6.29 Å². The van der Waals surface area contributed by atoms with Crippen LogP contribution in [0.2, 0.25) is 0 Å². The fraction of sp³-hybridized carbons (Fsp3) is 0.514. The summed E-state index contributed by atoms with van der Waals surface area (Å²) in [7, 11) is 0. The van der Waals surface area contributed by atoms with E-state index in [-0.39, 0.29) is 29.3 Å². The fourth-order valence-corrected chi connectivity index (χ4v) is 6.69. The monoisotopic (exact) mass is 648 g/mol. The lowest BCUT2D eigenvalue weighted by Gasteiger charge is -2.37. The van der Waals surface area contributed by atoms with Crippen LogP contribution >= 0.6 is 0 Å². The Labute approximate surface area is 267 Å². The highest BCUT2D eigenvalue weighted by Gasteiger charge is 2.41. The van der Waals surface area contributed by atoms with Crippen LogP contribution in [-0.4, -0.2) is 19.5 Å². The molecule has 0 spiro atoms. The number of alkyl halides is 2. The Morgan fingerprint density at radius 1 is 0.761 bits per heavy atom. The molecule has 9 heteroatoms. The molecule has 46 heavy (non-hydrogen) atoms. The van der Waals surface area contributed by atoms with Crippen molar-refractivity contribution in [1.29, 1.82) is 0 Å². The van der Waals surface area contributed by atoms with E-state index >= 15 is 13.2 Å². The zero-order chi connectivity index (χ0) is 32.8. The fourth-order valence-electron chi connectivity index (χ4n) is 6.69. The first-order valence-electron chi connectivity index (χ1n) is 16.5. The van der Waals surface area contributed by atoms with Crippen molar-refractivity contribution in [1.82, 2.24) is 0 Å². The van der Waals surface area contributed by atoms with E-state index in [2.05, 4.69) is 11.7 Å². The molecule has 0 radical (unpaired) electrons. The third kappa shape index (κ3) is 8.08. The van der Waals surface area contributed by atoms with E-state index < -0.39 is 40.7 Å². The number of hydrogen-bond donors (Lipinski definition) is 0. The molecule has 2 fully saturated rings. The van der Waals surface area contributed by atoms with Gasteiger partial charge in [0.05, 0.1) is 13.2 Å². The van der Waals surface area contributed by atoms with Crippen LogP contribution in [0.15, 0.2) is 48.5 Å². The molecule has 1 saturated heterocycles. The average Bonchev–Trinajstić information content (AvgIpc) is 3.02. The lowest BCUT2D eigenvalue weighted by atomic mass is 9.78. The first-order valence-corrected chi connectivity index (χ1v) is 16.5. The van der Waals surface area contributed by atoms with E-state index in [1.165, 1.54) is 37.5 Å². The second-order valence-electron chi connectivity index (χ2n) is 12.7. The van der Waals surface area contributed by atoms with E-state index in [0.29, 0.717) is 36.5 Å². The van der Waals surface area contributed by atoms with Gasteiger partial charge in [0.1, 0.15) is 34.6 Å². The zero-order valence-corrected chi connectivity index (χ0v) is 26.4. The summed E-state index contributed by atoms with van der Waals surface area (Å²) in [6, 6.07) is 8.98. The maximum absolute atomic E-state index is 15.3. The summed E-state index contributed by atoms with van der Waals surface area (Å²) in [4.78, 5) is 0. The second kappa shape index (κ2) is 15.2. The van der Waals surface area contributed by atoms with Crippen molar-refractivity contribution < 1.29 is 40.6 Å². The van der Waals surface area contributed by atoms with Crippen LogP contribution in [0.25, 0.3) is 11.1 Å². The summed E-state index contributed by atoms with van der Waals surface area (Å²) >= 11 is 0. The Morgan fingerprint density at radius 2 is 1.46 bits per heavy atom. The van der Waals surface area contributed by atoms with Gasteiger partial charge in [-0.25, -0.2) is 17.6 Å². The largest absolute Gasteiger partial charge is 0.432 e. The summed E-state index contributed by atoms with van der Waals surface area (Å²) in [6.45, 7) is 5.47. The minimum Gasteiger partial charge on any atom is -0.429 e. The predicted octanol–water partition coefficient (Wildman–Crippen LogP) is 10.8. The molecule has 3 nitrogen and oxygen atoms in total. The predicted molar refractivity (Wildman–Crippen MR) is 165 cm³/mol. The van der Waals surface area contributed by atoms with E-state index in [0.717, 1.165) is 63.0 Å². The topological polar surface area (TPSA) is 27.7 Å². The normalized spacial score (nSPS) is 22.2. The number of rotatable bonds is 12. The quantitative estimate of drug-likeness (QED) is 0.145. The van der Waals surface area contributed by atoms with Gasteiger partial charge in [-0.2, -0.15) is 8.78 Å². The molecule has 2 aliphatic rings. The number of aryl methyl sites for hydroxylation is 1. The number of unbranched alkanes of at least 4 members (excludes halogenated alkanes) is 2. The van der Waals surface area contributed by atoms with Crippen LogP contribution in [0, 0.1) is 35.1 Å². The van der Waals surface area contributed by atoms with Crippen molar-refractivity contribution in [2.24, 2.45) is 11.8 Å². The molecule has 250 valence electrons. The van der Waals surface area contributed by atoms with Gasteiger partial charge in [0.25, 0.3) is 0 Å². The Balaban J connectivity index is 1.21. The summed E-state index contributed by atoms with van der Waals surface area (Å²) in [5.74, 6) is -4.41. The van der Waals surface area contributed by atoms with Gasteiger partial charge in [-0.3, -0.25) is 0 Å². The first kappa shape index (κ1) is 34.3. The molecule has 0 atom stereocenters. The van der Waals surface area contributed by atoms with E-state index in [9.17, 15) is 13.2 Å². The Morgan fingerprint density at radius 3 is 2.07 bits per heavy atom. The molecule has 1 saturated carbocycles. The van der Waals surface area contributed by atoms with Gasteiger partial charge < -0.3 is 14.2 Å². The molecule has 3 aromatic carbocycles. The molecule has 0 amide bonds. The molecule has 5 rings (SSSR count). The highest BCUT2D eigenvalue weighted by atomic mass is 19.3. The van der Waals surface area contributed by atoms with Gasteiger partial charge >= 0.3 is 6.11 Å². The van der Waals surface area contributed by atoms with Crippen molar-refractivity contribution in [3.05, 3.63) is 88.5 Å². The highest BCUT2D eigenvalue weighted by molar-refractivity contribution is 5.65. The smallest absolute Gasteiger partial charge is 0.429 e. The third-order valence-electron chi connectivity index (χ3n) is 9.26. The number of hydrogen-bond acceptors (Lipinski definition) is 3. The zero-order valence-electron chi connectivity index (χ0n) is 26.4. The molecule has 1 heterocycles. The summed E-state index contributed by atoms with van der Waals surface area (Å²) < 4.78 is 106. The number of halogens is 6. The van der Waals surface area contributed by atoms with Crippen LogP contribution in [0.3, 0.4) is 0 Å². The van der Waals surface area contributed by atoms with E-state index in [4.69, 9.17) is 9.47 Å². The summed E-state index contributed by atoms with van der Waals surface area (Å²) in [6.07, 6.45) is 4.52. The molecule has 1 aliphatic carbocycles. The second-order valence-corrected chi connectivity index (χ2v) is 12.7. The molecular weight excluding hydrogens is 606 g/mol. The van der Waals surface area contributed by atoms with E-state index in [1.807, 2.05) is 6.92 Å². The third-order valence-corrected chi connectivity index (χ3v) is 9.26. The maximum Gasteiger partial charge on any atom is 0.432 e. The summed E-state index contributed by atoms with van der Waals surface area (Å²) in [5, 5.41) is 0. The highest BCUT2D eigenvalue weighted by Crippen LogP contribution is 2.41. The van der Waals surface area contributed by atoms with Crippen molar-refractivity contribution >= 4 is 0 Å². The van der Waals surface area contributed by atoms with Crippen molar-refractivity contribution in [3.63, 3.8) is 0 Å². The average molecular weight is 649 g/mol. The molecule has 0 bridgehead atoms. The van der Waals surface area contributed by atoms with Gasteiger partial charge in [-0.05, 0) is 85.4 Å². The lowest BCUT2D eigenvalue weighted by Crippen LogP contribution is -2.38.